The molecule has 9 heterocycles. The summed E-state index contributed by atoms with van der Waals surface area (Å²) >= 11 is 0. The van der Waals surface area contributed by atoms with E-state index in [-0.39, 0.29) is 16.7 Å². The smallest absolute Gasteiger partial charge is 0.258 e. The lowest BCUT2D eigenvalue weighted by molar-refractivity contribution is 0.0992. The third kappa shape index (κ3) is 7.56. The molecule has 75 heavy (non-hydrogen) atoms. The largest absolute Gasteiger partial charge is 0.455 e. The van der Waals surface area contributed by atoms with Crippen LogP contribution in [0.3, 0.4) is 0 Å². The molecule has 0 saturated carbocycles. The number of furan rings is 3. The molecule has 0 spiro atoms. The lowest BCUT2D eigenvalue weighted by Gasteiger charge is -2.22. The Morgan fingerprint density at radius 1 is 0.360 bits per heavy atom. The number of rotatable bonds is 9. The van der Waals surface area contributed by atoms with E-state index in [4.69, 9.17) is 28.2 Å². The molecular formula is C60H39N9O6. The standard InChI is InChI=1S/C60H39N9O6/c1-67(37-13-16-49(64-28-37)43-10-4-7-40-46-31-61-22-19-52(46)73-55(40)43)58(70)34-25-35(59(71)68(2)38-14-17-50(65-29-38)44-11-5-8-41-47-32-62-23-20-53(47)74-56(41)44)27-36(26-34)60(72)69(3)39-15-18-51(66-30-39)45-12-6-9-42-48-33-63-24-21-54(48)75-57(42)45/h4-33H,1-3H3. The first-order valence-corrected chi connectivity index (χ1v) is 23.8. The lowest BCUT2D eigenvalue weighted by Crippen LogP contribution is -2.31. The molecule has 0 bridgehead atoms. The van der Waals surface area contributed by atoms with Gasteiger partial charge in [-0.1, -0.05) is 36.4 Å². The van der Waals surface area contributed by atoms with Gasteiger partial charge in [-0.05, 0) is 91.0 Å². The molecule has 0 aliphatic heterocycles. The average molecular weight is 982 g/mol. The Balaban J connectivity index is 0.818. The van der Waals surface area contributed by atoms with Gasteiger partial charge in [-0.15, -0.1) is 0 Å². The van der Waals surface area contributed by atoms with Crippen LogP contribution in [0.25, 0.3) is 99.6 Å². The molecule has 0 radical (unpaired) electrons. The van der Waals surface area contributed by atoms with E-state index in [0.717, 1.165) is 49.0 Å². The number of hydrogen-bond acceptors (Lipinski definition) is 12. The van der Waals surface area contributed by atoms with E-state index >= 15 is 0 Å². The molecule has 0 N–H and O–H groups in total. The van der Waals surface area contributed by atoms with Crippen molar-refractivity contribution in [1.82, 2.24) is 29.9 Å². The first-order chi connectivity index (χ1) is 36.7. The molecule has 13 aromatic rings. The van der Waals surface area contributed by atoms with E-state index < -0.39 is 17.7 Å². The van der Waals surface area contributed by atoms with E-state index in [1.54, 1.807) is 95.1 Å². The normalized spacial score (nSPS) is 11.6. The van der Waals surface area contributed by atoms with Gasteiger partial charge in [0.05, 0.1) is 52.7 Å². The highest BCUT2D eigenvalue weighted by Crippen LogP contribution is 2.38. The Morgan fingerprint density at radius 3 is 0.947 bits per heavy atom. The van der Waals surface area contributed by atoms with Gasteiger partial charge in [0.2, 0.25) is 0 Å². The van der Waals surface area contributed by atoms with Gasteiger partial charge in [-0.3, -0.25) is 44.3 Å². The van der Waals surface area contributed by atoms with Gasteiger partial charge in [0.1, 0.15) is 33.5 Å². The number of para-hydroxylation sites is 3. The highest BCUT2D eigenvalue weighted by Gasteiger charge is 2.25. The maximum atomic E-state index is 14.6. The number of fused-ring (bicyclic) bond motifs is 9. The number of hydrogen-bond donors (Lipinski definition) is 0. The minimum absolute atomic E-state index is 0.100. The van der Waals surface area contributed by atoms with Crippen LogP contribution in [0.1, 0.15) is 31.1 Å². The van der Waals surface area contributed by atoms with Gasteiger partial charge in [-0.25, -0.2) is 0 Å². The summed E-state index contributed by atoms with van der Waals surface area (Å²) in [6.45, 7) is 0. The fourth-order valence-corrected chi connectivity index (χ4v) is 9.69. The molecule has 9 aromatic heterocycles. The second-order valence-corrected chi connectivity index (χ2v) is 18.1. The quantitative estimate of drug-likeness (QED) is 0.134. The molecule has 13 rings (SSSR count). The summed E-state index contributed by atoms with van der Waals surface area (Å²) in [5.74, 6) is -1.43. The molecule has 0 fully saturated rings. The van der Waals surface area contributed by atoms with Crippen molar-refractivity contribution in [3.05, 3.63) is 200 Å². The lowest BCUT2D eigenvalue weighted by atomic mass is 10.0. The molecule has 0 atom stereocenters. The summed E-state index contributed by atoms with van der Waals surface area (Å²) in [6.07, 6.45) is 15.2. The molecule has 15 heteroatoms. The third-order valence-electron chi connectivity index (χ3n) is 13.7. The molecule has 0 unspecified atom stereocenters. The van der Waals surface area contributed by atoms with Crippen LogP contribution in [0.5, 0.6) is 0 Å². The maximum absolute atomic E-state index is 14.6. The van der Waals surface area contributed by atoms with Crippen LogP contribution in [-0.2, 0) is 0 Å². The number of nitrogens with zero attached hydrogens (tertiary/aromatic N) is 9. The number of aromatic nitrogens is 6. The summed E-state index contributed by atoms with van der Waals surface area (Å²) in [5, 5.41) is 5.43. The fourth-order valence-electron chi connectivity index (χ4n) is 9.69. The monoisotopic (exact) mass is 981 g/mol. The SMILES string of the molecule is CN(C(=O)c1cc(C(=O)N(C)c2ccc(-c3cccc4c3oc3ccncc34)nc2)cc(C(=O)N(C)c2ccc(-c3cccc4c3oc3ccncc34)nc2)c1)c1ccc(-c2cccc3c2oc2ccncc23)nc1. The summed E-state index contributed by atoms with van der Waals surface area (Å²) in [6, 6.07) is 38.3. The van der Waals surface area contributed by atoms with Crippen molar-refractivity contribution in [3.8, 4) is 33.8 Å². The highest BCUT2D eigenvalue weighted by atomic mass is 16.3. The molecule has 0 aliphatic carbocycles. The van der Waals surface area contributed by atoms with E-state index in [2.05, 4.69) is 15.0 Å². The van der Waals surface area contributed by atoms with Gasteiger partial charge in [-0.2, -0.15) is 0 Å². The molecule has 3 amide bonds. The van der Waals surface area contributed by atoms with Gasteiger partial charge in [0.15, 0.2) is 0 Å². The van der Waals surface area contributed by atoms with Crippen LogP contribution >= 0.6 is 0 Å². The number of amides is 3. The van der Waals surface area contributed by atoms with Crippen molar-refractivity contribution in [2.45, 2.75) is 0 Å². The Bertz CT molecular complexity index is 3970. The van der Waals surface area contributed by atoms with Crippen LogP contribution in [0.2, 0.25) is 0 Å². The maximum Gasteiger partial charge on any atom is 0.258 e. The first kappa shape index (κ1) is 44.5. The Kier molecular flexibility index (Phi) is 10.5. The number of carbonyl (C=O) groups is 3. The molecular weight excluding hydrogens is 943 g/mol. The zero-order chi connectivity index (χ0) is 50.9. The van der Waals surface area contributed by atoms with Crippen LogP contribution in [0, 0.1) is 0 Å². The predicted octanol–water partition coefficient (Wildman–Crippen LogP) is 12.6. The third-order valence-corrected chi connectivity index (χ3v) is 13.7. The van der Waals surface area contributed by atoms with Crippen molar-refractivity contribution < 1.29 is 27.6 Å². The zero-order valence-corrected chi connectivity index (χ0v) is 40.3. The number of benzene rings is 4. The Hall–Kier alpha value is -10.4. The van der Waals surface area contributed by atoms with Crippen LogP contribution < -0.4 is 14.7 Å². The van der Waals surface area contributed by atoms with Gasteiger partial charge in [0, 0.05) is 124 Å². The summed E-state index contributed by atoms with van der Waals surface area (Å²) < 4.78 is 18.7. The minimum atomic E-state index is -0.478. The van der Waals surface area contributed by atoms with Crippen LogP contribution in [-0.4, -0.2) is 68.8 Å². The van der Waals surface area contributed by atoms with Gasteiger partial charge >= 0.3 is 0 Å². The van der Waals surface area contributed by atoms with Crippen molar-refractivity contribution in [3.63, 3.8) is 0 Å². The molecule has 360 valence electrons. The summed E-state index contributed by atoms with van der Waals surface area (Å²) in [5.41, 5.74) is 10.2. The first-order valence-electron chi connectivity index (χ1n) is 23.8. The second-order valence-electron chi connectivity index (χ2n) is 18.1. The molecule has 0 aliphatic rings. The Labute approximate surface area is 426 Å². The Morgan fingerprint density at radius 2 is 0.667 bits per heavy atom. The van der Waals surface area contributed by atoms with Crippen molar-refractivity contribution >= 4 is 101 Å². The van der Waals surface area contributed by atoms with E-state index in [0.29, 0.717) is 67.6 Å². The minimum Gasteiger partial charge on any atom is -0.455 e. The van der Waals surface area contributed by atoms with E-state index in [9.17, 15) is 14.4 Å². The highest BCUT2D eigenvalue weighted by molar-refractivity contribution is 6.15. The average Bonchev–Trinajstić information content (AvgIpc) is 4.18. The van der Waals surface area contributed by atoms with E-state index in [1.165, 1.54) is 32.9 Å². The van der Waals surface area contributed by atoms with Crippen molar-refractivity contribution in [1.29, 1.82) is 0 Å². The topological polar surface area (TPSA) is 178 Å². The van der Waals surface area contributed by atoms with Crippen molar-refractivity contribution in [2.75, 3.05) is 35.8 Å². The van der Waals surface area contributed by atoms with Crippen molar-refractivity contribution in [2.24, 2.45) is 0 Å². The van der Waals surface area contributed by atoms with Crippen LogP contribution in [0.15, 0.2) is 196 Å². The summed E-state index contributed by atoms with van der Waals surface area (Å²) in [7, 11) is 4.85. The van der Waals surface area contributed by atoms with Gasteiger partial charge in [0.25, 0.3) is 17.7 Å². The van der Waals surface area contributed by atoms with E-state index in [1.807, 2.05) is 91.0 Å². The second kappa shape index (κ2) is 17.7. The molecule has 0 saturated heterocycles. The number of carbonyl (C=O) groups excluding carboxylic acids is 3. The van der Waals surface area contributed by atoms with Gasteiger partial charge < -0.3 is 28.0 Å². The number of pyridine rings is 6. The predicted molar refractivity (Wildman–Crippen MR) is 289 cm³/mol. The number of anilines is 3. The fraction of sp³-hybridized carbons (Fsp3) is 0.0500. The molecule has 4 aromatic carbocycles. The summed E-state index contributed by atoms with van der Waals surface area (Å²) in [4.78, 5) is 75.3. The molecule has 15 nitrogen and oxygen atoms in total. The zero-order valence-electron chi connectivity index (χ0n) is 40.3. The van der Waals surface area contributed by atoms with Crippen LogP contribution in [0.4, 0.5) is 17.1 Å².